The average molecular weight is 208 g/mol. The van der Waals surface area contributed by atoms with Gasteiger partial charge in [0.25, 0.3) is 0 Å². The van der Waals surface area contributed by atoms with Crippen LogP contribution >= 0.6 is 0 Å². The van der Waals surface area contributed by atoms with Crippen molar-refractivity contribution in [1.29, 1.82) is 0 Å². The predicted molar refractivity (Wildman–Crippen MR) is 60.7 cm³/mol. The molecule has 1 heterocycles. The Morgan fingerprint density at radius 2 is 2.27 bits per heavy atom. The minimum atomic E-state index is 0.426. The number of hydrogen-bond donors (Lipinski definition) is 1. The van der Waals surface area contributed by atoms with Gasteiger partial charge in [0.15, 0.2) is 11.6 Å². The van der Waals surface area contributed by atoms with Gasteiger partial charge in [-0.3, -0.25) is 0 Å². The van der Waals surface area contributed by atoms with E-state index < -0.39 is 0 Å². The van der Waals surface area contributed by atoms with E-state index >= 15 is 0 Å². The van der Waals surface area contributed by atoms with Crippen molar-refractivity contribution in [2.75, 3.05) is 37.4 Å². The normalized spacial score (nSPS) is 9.93. The van der Waals surface area contributed by atoms with Crippen molar-refractivity contribution in [3.05, 3.63) is 25.0 Å². The van der Waals surface area contributed by atoms with Crippen LogP contribution in [0, 0.1) is 0 Å². The Morgan fingerprint density at radius 3 is 2.87 bits per heavy atom. The SMILES string of the molecule is C=CCN(CCOC)c1nccnc1N. The molecule has 5 heteroatoms. The maximum atomic E-state index is 5.73. The molecule has 0 aliphatic carbocycles. The minimum Gasteiger partial charge on any atom is -0.383 e. The van der Waals surface area contributed by atoms with Crippen LogP contribution in [0.4, 0.5) is 11.6 Å². The van der Waals surface area contributed by atoms with Crippen molar-refractivity contribution >= 4 is 11.6 Å². The van der Waals surface area contributed by atoms with Gasteiger partial charge in [-0.05, 0) is 0 Å². The number of nitrogens with zero attached hydrogens (tertiary/aromatic N) is 3. The number of methoxy groups -OCH3 is 1. The van der Waals surface area contributed by atoms with Crippen molar-refractivity contribution < 1.29 is 4.74 Å². The first-order valence-electron chi connectivity index (χ1n) is 4.71. The van der Waals surface area contributed by atoms with E-state index in [2.05, 4.69) is 16.5 Å². The second kappa shape index (κ2) is 5.98. The van der Waals surface area contributed by atoms with Gasteiger partial charge in [-0.15, -0.1) is 6.58 Å². The molecule has 0 spiro atoms. The zero-order chi connectivity index (χ0) is 11.1. The molecule has 82 valence electrons. The number of nitrogen functional groups attached to an aromatic ring is 1. The fourth-order valence-corrected chi connectivity index (χ4v) is 1.23. The van der Waals surface area contributed by atoms with Crippen LogP contribution in [0.25, 0.3) is 0 Å². The number of nitrogens with two attached hydrogens (primary N) is 1. The summed E-state index contributed by atoms with van der Waals surface area (Å²) < 4.78 is 5.02. The molecule has 0 saturated heterocycles. The van der Waals surface area contributed by atoms with Crippen LogP contribution in [0.5, 0.6) is 0 Å². The van der Waals surface area contributed by atoms with Gasteiger partial charge >= 0.3 is 0 Å². The van der Waals surface area contributed by atoms with Crippen LogP contribution in [0.1, 0.15) is 0 Å². The summed E-state index contributed by atoms with van der Waals surface area (Å²) in [5.74, 6) is 1.10. The molecule has 5 nitrogen and oxygen atoms in total. The highest BCUT2D eigenvalue weighted by Crippen LogP contribution is 2.15. The van der Waals surface area contributed by atoms with Crippen LogP contribution < -0.4 is 10.6 Å². The van der Waals surface area contributed by atoms with E-state index in [0.717, 1.165) is 0 Å². The summed E-state index contributed by atoms with van der Waals surface area (Å²) in [6.45, 7) is 5.69. The molecular weight excluding hydrogens is 192 g/mol. The van der Waals surface area contributed by atoms with Crippen molar-refractivity contribution in [3.8, 4) is 0 Å². The molecule has 0 amide bonds. The van der Waals surface area contributed by atoms with Gasteiger partial charge < -0.3 is 15.4 Å². The number of anilines is 2. The summed E-state index contributed by atoms with van der Waals surface area (Å²) in [5.41, 5.74) is 5.73. The van der Waals surface area contributed by atoms with E-state index in [0.29, 0.717) is 31.3 Å². The quantitative estimate of drug-likeness (QED) is 0.697. The van der Waals surface area contributed by atoms with Gasteiger partial charge in [-0.2, -0.15) is 0 Å². The Kier molecular flexibility index (Phi) is 4.56. The third-order valence-electron chi connectivity index (χ3n) is 1.92. The van der Waals surface area contributed by atoms with Crippen molar-refractivity contribution in [3.63, 3.8) is 0 Å². The van der Waals surface area contributed by atoms with E-state index in [-0.39, 0.29) is 0 Å². The topological polar surface area (TPSA) is 64.3 Å². The Bertz CT molecular complexity index is 316. The molecular formula is C10H16N4O. The van der Waals surface area contributed by atoms with Crippen LogP contribution in [-0.4, -0.2) is 36.8 Å². The lowest BCUT2D eigenvalue weighted by Gasteiger charge is -2.22. The molecule has 0 aliphatic rings. The fourth-order valence-electron chi connectivity index (χ4n) is 1.23. The third kappa shape index (κ3) is 3.21. The molecule has 0 saturated carbocycles. The minimum absolute atomic E-state index is 0.426. The van der Waals surface area contributed by atoms with Gasteiger partial charge in [0.2, 0.25) is 0 Å². The first-order valence-corrected chi connectivity index (χ1v) is 4.71. The largest absolute Gasteiger partial charge is 0.383 e. The van der Waals surface area contributed by atoms with Gasteiger partial charge in [-0.1, -0.05) is 6.08 Å². The molecule has 15 heavy (non-hydrogen) atoms. The van der Waals surface area contributed by atoms with E-state index in [1.54, 1.807) is 25.6 Å². The van der Waals surface area contributed by atoms with Crippen LogP contribution in [0.3, 0.4) is 0 Å². The highest BCUT2D eigenvalue weighted by molar-refractivity contribution is 5.57. The van der Waals surface area contributed by atoms with E-state index in [4.69, 9.17) is 10.5 Å². The summed E-state index contributed by atoms with van der Waals surface area (Å²) in [7, 11) is 1.66. The van der Waals surface area contributed by atoms with Crippen LogP contribution in [-0.2, 0) is 4.74 Å². The molecule has 0 unspecified atom stereocenters. The number of rotatable bonds is 6. The molecule has 0 fully saturated rings. The Labute approximate surface area is 89.6 Å². The maximum absolute atomic E-state index is 5.73. The van der Waals surface area contributed by atoms with Crippen molar-refractivity contribution in [2.24, 2.45) is 0 Å². The number of hydrogen-bond acceptors (Lipinski definition) is 5. The molecule has 0 radical (unpaired) electrons. The zero-order valence-electron chi connectivity index (χ0n) is 8.89. The Morgan fingerprint density at radius 1 is 1.53 bits per heavy atom. The summed E-state index contributed by atoms with van der Waals surface area (Å²) in [5, 5.41) is 0. The van der Waals surface area contributed by atoms with E-state index in [1.165, 1.54) is 0 Å². The van der Waals surface area contributed by atoms with E-state index in [1.807, 2.05) is 4.90 Å². The smallest absolute Gasteiger partial charge is 0.171 e. The molecule has 1 aromatic heterocycles. The summed E-state index contributed by atoms with van der Waals surface area (Å²) in [6.07, 6.45) is 4.99. The molecule has 0 aliphatic heterocycles. The van der Waals surface area contributed by atoms with Crippen molar-refractivity contribution in [2.45, 2.75) is 0 Å². The number of aromatic nitrogens is 2. The molecule has 0 bridgehead atoms. The van der Waals surface area contributed by atoms with Gasteiger partial charge in [-0.25, -0.2) is 9.97 Å². The first-order chi connectivity index (χ1) is 7.29. The second-order valence-corrected chi connectivity index (χ2v) is 2.99. The molecule has 1 rings (SSSR count). The number of ether oxygens (including phenoxy) is 1. The maximum Gasteiger partial charge on any atom is 0.171 e. The van der Waals surface area contributed by atoms with Crippen LogP contribution in [0.2, 0.25) is 0 Å². The first kappa shape index (κ1) is 11.5. The zero-order valence-corrected chi connectivity index (χ0v) is 8.89. The average Bonchev–Trinajstić information content (AvgIpc) is 2.25. The van der Waals surface area contributed by atoms with Gasteiger partial charge in [0.1, 0.15) is 0 Å². The molecule has 0 atom stereocenters. The molecule has 2 N–H and O–H groups in total. The van der Waals surface area contributed by atoms with E-state index in [9.17, 15) is 0 Å². The lowest BCUT2D eigenvalue weighted by atomic mass is 10.4. The van der Waals surface area contributed by atoms with Gasteiger partial charge in [0, 0.05) is 32.6 Å². The highest BCUT2D eigenvalue weighted by atomic mass is 16.5. The standard InChI is InChI=1S/C10H16N4O/c1-3-6-14(7-8-15-2)10-9(11)12-4-5-13-10/h3-5H,1,6-8H2,2H3,(H2,11,12). The summed E-state index contributed by atoms with van der Waals surface area (Å²) >= 11 is 0. The second-order valence-electron chi connectivity index (χ2n) is 2.99. The highest BCUT2D eigenvalue weighted by Gasteiger charge is 2.09. The monoisotopic (exact) mass is 208 g/mol. The molecule has 0 aromatic carbocycles. The van der Waals surface area contributed by atoms with Crippen LogP contribution in [0.15, 0.2) is 25.0 Å². The fraction of sp³-hybridized carbons (Fsp3) is 0.400. The lowest BCUT2D eigenvalue weighted by molar-refractivity contribution is 0.205. The Hall–Kier alpha value is -1.62. The lowest BCUT2D eigenvalue weighted by Crippen LogP contribution is -2.29. The van der Waals surface area contributed by atoms with Gasteiger partial charge in [0.05, 0.1) is 6.61 Å². The third-order valence-corrected chi connectivity index (χ3v) is 1.92. The summed E-state index contributed by atoms with van der Waals surface area (Å²) in [6, 6.07) is 0. The van der Waals surface area contributed by atoms with Crippen molar-refractivity contribution in [1.82, 2.24) is 9.97 Å². The Balaban J connectivity index is 2.78. The summed E-state index contributed by atoms with van der Waals surface area (Å²) in [4.78, 5) is 10.1. The molecule has 1 aromatic rings. The predicted octanol–water partition coefficient (Wildman–Crippen LogP) is 0.698.